The van der Waals surface area contributed by atoms with Gasteiger partial charge in [0.1, 0.15) is 0 Å². The molecule has 1 N–H and O–H groups in total. The third-order valence-corrected chi connectivity index (χ3v) is 5.64. The molecular weight excluding hydrogens is 320 g/mol. The molecule has 0 aromatic carbocycles. The van der Waals surface area contributed by atoms with Gasteiger partial charge in [0.05, 0.1) is 5.03 Å². The van der Waals surface area contributed by atoms with Crippen molar-refractivity contribution >= 4 is 27.7 Å². The molecule has 1 aromatic heterocycles. The summed E-state index contributed by atoms with van der Waals surface area (Å²) >= 11 is 5.36. The van der Waals surface area contributed by atoms with Crippen molar-refractivity contribution in [1.29, 1.82) is 0 Å². The zero-order chi connectivity index (χ0) is 13.9. The van der Waals surface area contributed by atoms with Crippen LogP contribution in [-0.4, -0.2) is 22.8 Å². The smallest absolute Gasteiger partial charge is 0.0963 e. The van der Waals surface area contributed by atoms with Crippen molar-refractivity contribution in [3.8, 4) is 0 Å². The molecule has 1 aliphatic rings. The lowest BCUT2D eigenvalue weighted by Gasteiger charge is -2.31. The van der Waals surface area contributed by atoms with Crippen molar-refractivity contribution in [3.63, 3.8) is 0 Å². The number of rotatable bonds is 5. The lowest BCUT2D eigenvalue weighted by molar-refractivity contribution is 0.287. The third-order valence-electron chi connectivity index (χ3n) is 3.87. The van der Waals surface area contributed by atoms with Gasteiger partial charge in [-0.15, -0.1) is 11.8 Å². The molecule has 0 spiro atoms. The summed E-state index contributed by atoms with van der Waals surface area (Å²) in [7, 11) is 0. The van der Waals surface area contributed by atoms with Crippen molar-refractivity contribution in [1.82, 2.24) is 10.3 Å². The quantitative estimate of drug-likeness (QED) is 0.852. The lowest BCUT2D eigenvalue weighted by atomic mass is 9.87. The first-order chi connectivity index (χ1) is 9.03. The number of nitrogens with zero attached hydrogens (tertiary/aromatic N) is 1. The van der Waals surface area contributed by atoms with Gasteiger partial charge in [0.2, 0.25) is 0 Å². The van der Waals surface area contributed by atoms with Crippen LogP contribution in [0.4, 0.5) is 0 Å². The molecule has 1 aliphatic carbocycles. The minimum absolute atomic E-state index is 0.391. The molecule has 0 saturated heterocycles. The van der Waals surface area contributed by atoms with Gasteiger partial charge in [-0.25, -0.2) is 4.98 Å². The van der Waals surface area contributed by atoms with E-state index in [-0.39, 0.29) is 0 Å². The molecule has 19 heavy (non-hydrogen) atoms. The minimum Gasteiger partial charge on any atom is -0.312 e. The van der Waals surface area contributed by atoms with E-state index < -0.39 is 0 Å². The van der Waals surface area contributed by atoms with Gasteiger partial charge in [-0.2, -0.15) is 0 Å². The first kappa shape index (κ1) is 15.3. The van der Waals surface area contributed by atoms with Crippen LogP contribution in [-0.2, 0) is 0 Å². The van der Waals surface area contributed by atoms with Gasteiger partial charge in [0, 0.05) is 22.0 Å². The Bertz CT molecular complexity index is 405. The van der Waals surface area contributed by atoms with Crippen molar-refractivity contribution in [2.75, 3.05) is 6.54 Å². The zero-order valence-corrected chi connectivity index (χ0v) is 14.4. The van der Waals surface area contributed by atoms with Gasteiger partial charge in [0.15, 0.2) is 0 Å². The van der Waals surface area contributed by atoms with Crippen LogP contribution in [0, 0.1) is 5.41 Å². The maximum atomic E-state index is 4.49. The molecule has 1 aromatic rings. The molecule has 0 bridgehead atoms. The van der Waals surface area contributed by atoms with Gasteiger partial charge in [0.25, 0.3) is 0 Å². The van der Waals surface area contributed by atoms with Crippen molar-refractivity contribution < 1.29 is 0 Å². The van der Waals surface area contributed by atoms with Crippen LogP contribution >= 0.6 is 27.7 Å². The van der Waals surface area contributed by atoms with Crippen molar-refractivity contribution in [2.24, 2.45) is 5.41 Å². The Kier molecular flexibility index (Phi) is 5.32. The van der Waals surface area contributed by atoms with Crippen LogP contribution in [0.3, 0.4) is 0 Å². The summed E-state index contributed by atoms with van der Waals surface area (Å²) < 4.78 is 1.05. The Morgan fingerprint density at radius 2 is 2.26 bits per heavy atom. The van der Waals surface area contributed by atoms with E-state index in [9.17, 15) is 0 Å². The molecule has 4 heteroatoms. The normalized spacial score (nSPS) is 25.7. The van der Waals surface area contributed by atoms with Crippen LogP contribution in [0.2, 0.25) is 0 Å². The molecule has 2 unspecified atom stereocenters. The van der Waals surface area contributed by atoms with E-state index in [1.165, 1.54) is 19.3 Å². The molecule has 106 valence electrons. The zero-order valence-electron chi connectivity index (χ0n) is 11.9. The molecule has 0 aliphatic heterocycles. The Morgan fingerprint density at radius 3 is 2.89 bits per heavy atom. The fraction of sp³-hybridized carbons (Fsp3) is 0.667. The number of hydrogen-bond acceptors (Lipinski definition) is 3. The molecule has 0 radical (unpaired) electrons. The van der Waals surface area contributed by atoms with Gasteiger partial charge in [-0.3, -0.25) is 0 Å². The first-order valence-electron chi connectivity index (χ1n) is 7.04. The SMILES string of the molecule is CCCNC1C(Sc2ccc(Br)cn2)CCC1(C)C. The Labute approximate surface area is 129 Å². The lowest BCUT2D eigenvalue weighted by Crippen LogP contribution is -2.43. The summed E-state index contributed by atoms with van der Waals surface area (Å²) in [5, 5.41) is 5.51. The second kappa shape index (κ2) is 6.59. The second-order valence-electron chi connectivity index (χ2n) is 5.93. The van der Waals surface area contributed by atoms with Gasteiger partial charge in [-0.05, 0) is 59.3 Å². The molecule has 2 rings (SSSR count). The fourth-order valence-corrected chi connectivity index (χ4v) is 4.40. The third kappa shape index (κ3) is 3.96. The van der Waals surface area contributed by atoms with Gasteiger partial charge < -0.3 is 5.32 Å². The Hall–Kier alpha value is -0.0600. The largest absolute Gasteiger partial charge is 0.312 e. The number of pyridine rings is 1. The minimum atomic E-state index is 0.391. The number of halogens is 1. The monoisotopic (exact) mass is 342 g/mol. The number of thioether (sulfide) groups is 1. The van der Waals surface area contributed by atoms with Crippen molar-refractivity contribution in [2.45, 2.75) is 56.4 Å². The second-order valence-corrected chi connectivity index (χ2v) is 8.11. The van der Waals surface area contributed by atoms with E-state index in [0.29, 0.717) is 16.7 Å². The number of nitrogens with one attached hydrogen (secondary N) is 1. The predicted octanol–water partition coefficient (Wildman–Crippen LogP) is 4.49. The van der Waals surface area contributed by atoms with E-state index in [0.717, 1.165) is 16.0 Å². The standard InChI is InChI=1S/C15H23BrN2S/c1-4-9-17-14-12(7-8-15(14,2)3)19-13-6-5-11(16)10-18-13/h5-6,10,12,14,17H,4,7-9H2,1-3H3. The summed E-state index contributed by atoms with van der Waals surface area (Å²) in [4.78, 5) is 4.49. The molecule has 2 atom stereocenters. The number of hydrogen-bond donors (Lipinski definition) is 1. The average Bonchev–Trinajstić information content (AvgIpc) is 2.65. The summed E-state index contributed by atoms with van der Waals surface area (Å²) in [5.41, 5.74) is 0.391. The first-order valence-corrected chi connectivity index (χ1v) is 8.72. The average molecular weight is 343 g/mol. The van der Waals surface area contributed by atoms with Crippen LogP contribution in [0.15, 0.2) is 27.8 Å². The number of aromatic nitrogens is 1. The van der Waals surface area contributed by atoms with Crippen LogP contribution < -0.4 is 5.32 Å². The van der Waals surface area contributed by atoms with E-state index in [2.05, 4.69) is 59.1 Å². The summed E-state index contributed by atoms with van der Waals surface area (Å²) in [6.45, 7) is 8.11. The van der Waals surface area contributed by atoms with E-state index in [4.69, 9.17) is 0 Å². The fourth-order valence-electron chi connectivity index (χ4n) is 2.76. The summed E-state index contributed by atoms with van der Waals surface area (Å²) in [6.07, 6.45) is 5.65. The molecular formula is C15H23BrN2S. The van der Waals surface area contributed by atoms with Crippen LogP contribution in [0.5, 0.6) is 0 Å². The maximum Gasteiger partial charge on any atom is 0.0963 e. The molecule has 0 amide bonds. The van der Waals surface area contributed by atoms with Gasteiger partial charge >= 0.3 is 0 Å². The summed E-state index contributed by atoms with van der Waals surface area (Å²) in [5.74, 6) is 0. The topological polar surface area (TPSA) is 24.9 Å². The molecule has 2 nitrogen and oxygen atoms in total. The highest BCUT2D eigenvalue weighted by Crippen LogP contribution is 2.44. The Balaban J connectivity index is 2.03. The maximum absolute atomic E-state index is 4.49. The highest BCUT2D eigenvalue weighted by Gasteiger charge is 2.41. The van der Waals surface area contributed by atoms with E-state index >= 15 is 0 Å². The predicted molar refractivity (Wildman–Crippen MR) is 86.7 cm³/mol. The highest BCUT2D eigenvalue weighted by molar-refractivity contribution is 9.10. The van der Waals surface area contributed by atoms with E-state index in [1.807, 2.05) is 18.0 Å². The van der Waals surface area contributed by atoms with E-state index in [1.54, 1.807) is 0 Å². The Morgan fingerprint density at radius 1 is 1.47 bits per heavy atom. The molecule has 1 saturated carbocycles. The van der Waals surface area contributed by atoms with Gasteiger partial charge in [-0.1, -0.05) is 20.8 Å². The van der Waals surface area contributed by atoms with Crippen LogP contribution in [0.25, 0.3) is 0 Å². The molecule has 1 fully saturated rings. The highest BCUT2D eigenvalue weighted by atomic mass is 79.9. The van der Waals surface area contributed by atoms with Crippen molar-refractivity contribution in [3.05, 3.63) is 22.8 Å². The van der Waals surface area contributed by atoms with Crippen LogP contribution in [0.1, 0.15) is 40.0 Å². The molecule has 1 heterocycles. The summed E-state index contributed by atoms with van der Waals surface area (Å²) in [6, 6.07) is 4.77.